The van der Waals surface area contributed by atoms with Crippen molar-refractivity contribution in [3.8, 4) is 0 Å². The molecule has 4 nitrogen and oxygen atoms in total. The number of hydrogen-bond acceptors (Lipinski definition) is 3. The molecular weight excluding hydrogens is 372 g/mol. The van der Waals surface area contributed by atoms with Crippen LogP contribution in [-0.4, -0.2) is 15.0 Å². The fraction of sp³-hybridized carbons (Fsp3) is 0.200. The van der Waals surface area contributed by atoms with Gasteiger partial charge in [-0.3, -0.25) is 0 Å². The standard InChI is InChI=1S/C10H12Br2N2O2S/c1-6-3-8(12)9(13)4-10(6)17(15,16)14-5-7(2)11/h3-4,14H,2,5,13H2,1H3. The van der Waals surface area contributed by atoms with E-state index >= 15 is 0 Å². The van der Waals surface area contributed by atoms with Crippen molar-refractivity contribution in [2.75, 3.05) is 12.3 Å². The lowest BCUT2D eigenvalue weighted by molar-refractivity contribution is 0.585. The molecule has 0 fully saturated rings. The summed E-state index contributed by atoms with van der Waals surface area (Å²) in [5.74, 6) is 0. The molecule has 0 aliphatic rings. The molecule has 0 unspecified atom stereocenters. The van der Waals surface area contributed by atoms with E-state index in [1.807, 2.05) is 0 Å². The Labute approximate surface area is 118 Å². The van der Waals surface area contributed by atoms with Gasteiger partial charge in [0.05, 0.1) is 4.90 Å². The summed E-state index contributed by atoms with van der Waals surface area (Å²) in [7, 11) is -3.57. The van der Waals surface area contributed by atoms with Gasteiger partial charge in [-0.25, -0.2) is 13.1 Å². The van der Waals surface area contributed by atoms with Crippen LogP contribution >= 0.6 is 31.9 Å². The normalized spacial score (nSPS) is 11.5. The Bertz CT molecular complexity index is 556. The predicted octanol–water partition coefficient (Wildman–Crippen LogP) is 2.53. The average molecular weight is 384 g/mol. The first kappa shape index (κ1) is 14.7. The van der Waals surface area contributed by atoms with Crippen LogP contribution in [0.4, 0.5) is 5.69 Å². The molecule has 0 saturated heterocycles. The Morgan fingerprint density at radius 1 is 1.53 bits per heavy atom. The van der Waals surface area contributed by atoms with Gasteiger partial charge in [0, 0.05) is 21.2 Å². The molecule has 0 spiro atoms. The highest BCUT2D eigenvalue weighted by atomic mass is 79.9. The van der Waals surface area contributed by atoms with Gasteiger partial charge in [0.2, 0.25) is 10.0 Å². The maximum atomic E-state index is 12.0. The van der Waals surface area contributed by atoms with E-state index in [4.69, 9.17) is 5.73 Å². The van der Waals surface area contributed by atoms with Gasteiger partial charge in [-0.1, -0.05) is 22.5 Å². The SMILES string of the molecule is C=C(Br)CNS(=O)(=O)c1cc(N)c(Br)cc1C. The number of rotatable bonds is 4. The smallest absolute Gasteiger partial charge is 0.241 e. The Hall–Kier alpha value is -0.370. The molecule has 0 radical (unpaired) electrons. The van der Waals surface area contributed by atoms with Crippen molar-refractivity contribution >= 4 is 47.6 Å². The molecule has 0 aliphatic heterocycles. The summed E-state index contributed by atoms with van der Waals surface area (Å²) in [5, 5.41) is 0. The number of anilines is 1. The lowest BCUT2D eigenvalue weighted by atomic mass is 10.2. The second kappa shape index (κ2) is 5.51. The molecule has 1 aromatic carbocycles. The van der Waals surface area contributed by atoms with Crippen molar-refractivity contribution in [2.45, 2.75) is 11.8 Å². The van der Waals surface area contributed by atoms with Gasteiger partial charge in [-0.2, -0.15) is 0 Å². The molecule has 0 atom stereocenters. The molecule has 3 N–H and O–H groups in total. The molecule has 0 aromatic heterocycles. The molecular formula is C10H12Br2N2O2S. The number of benzene rings is 1. The van der Waals surface area contributed by atoms with Crippen LogP contribution in [-0.2, 0) is 10.0 Å². The monoisotopic (exact) mass is 382 g/mol. The molecule has 1 rings (SSSR count). The highest BCUT2D eigenvalue weighted by Gasteiger charge is 2.17. The van der Waals surface area contributed by atoms with Crippen LogP contribution in [0.1, 0.15) is 5.56 Å². The van der Waals surface area contributed by atoms with Gasteiger partial charge in [0.25, 0.3) is 0 Å². The van der Waals surface area contributed by atoms with Crippen molar-refractivity contribution in [3.05, 3.63) is 33.2 Å². The topological polar surface area (TPSA) is 72.2 Å². The lowest BCUT2D eigenvalue weighted by Gasteiger charge is -2.10. The van der Waals surface area contributed by atoms with Crippen LogP contribution in [0.2, 0.25) is 0 Å². The summed E-state index contributed by atoms with van der Waals surface area (Å²) in [4.78, 5) is 0.173. The average Bonchev–Trinajstić information content (AvgIpc) is 2.20. The Morgan fingerprint density at radius 2 is 2.12 bits per heavy atom. The van der Waals surface area contributed by atoms with E-state index in [0.717, 1.165) is 0 Å². The summed E-state index contributed by atoms with van der Waals surface area (Å²) >= 11 is 6.34. The van der Waals surface area contributed by atoms with Crippen LogP contribution in [0.15, 0.2) is 32.6 Å². The first-order chi connectivity index (χ1) is 7.74. The number of hydrogen-bond donors (Lipinski definition) is 2. The van der Waals surface area contributed by atoms with Gasteiger partial charge in [-0.15, -0.1) is 0 Å². The minimum Gasteiger partial charge on any atom is -0.398 e. The van der Waals surface area contributed by atoms with Crippen LogP contribution in [0.3, 0.4) is 0 Å². The summed E-state index contributed by atoms with van der Waals surface area (Å²) in [5.41, 5.74) is 6.68. The van der Waals surface area contributed by atoms with E-state index in [0.29, 0.717) is 20.2 Å². The molecule has 94 valence electrons. The molecule has 0 heterocycles. The van der Waals surface area contributed by atoms with Crippen molar-refractivity contribution in [1.29, 1.82) is 0 Å². The number of nitrogens with one attached hydrogen (secondary N) is 1. The third kappa shape index (κ3) is 3.80. The van der Waals surface area contributed by atoms with Crippen LogP contribution in [0.25, 0.3) is 0 Å². The van der Waals surface area contributed by atoms with E-state index in [-0.39, 0.29) is 11.4 Å². The molecule has 0 aliphatic carbocycles. The van der Waals surface area contributed by atoms with Gasteiger partial charge >= 0.3 is 0 Å². The van der Waals surface area contributed by atoms with Crippen molar-refractivity contribution in [2.24, 2.45) is 0 Å². The van der Waals surface area contributed by atoms with Gasteiger partial charge in [-0.05, 0) is 40.5 Å². The number of aryl methyl sites for hydroxylation is 1. The van der Waals surface area contributed by atoms with Crippen LogP contribution in [0.5, 0.6) is 0 Å². The molecule has 17 heavy (non-hydrogen) atoms. The summed E-state index contributed by atoms with van der Waals surface area (Å²) < 4.78 is 27.6. The Kier molecular flexibility index (Phi) is 4.77. The number of halogens is 2. The second-order valence-corrected chi connectivity index (χ2v) is 7.19. The minimum atomic E-state index is -3.57. The Balaban J connectivity index is 3.15. The van der Waals surface area contributed by atoms with Gasteiger partial charge in [0.1, 0.15) is 0 Å². The van der Waals surface area contributed by atoms with Gasteiger partial charge in [0.15, 0.2) is 0 Å². The maximum absolute atomic E-state index is 12.0. The summed E-state index contributed by atoms with van der Waals surface area (Å²) in [6, 6.07) is 3.10. The molecule has 0 saturated carbocycles. The minimum absolute atomic E-state index is 0.137. The molecule has 0 bridgehead atoms. The highest BCUT2D eigenvalue weighted by molar-refractivity contribution is 9.11. The zero-order valence-corrected chi connectivity index (χ0v) is 13.1. The fourth-order valence-electron chi connectivity index (χ4n) is 1.21. The number of nitrogen functional groups attached to an aromatic ring is 1. The number of sulfonamides is 1. The first-order valence-electron chi connectivity index (χ1n) is 4.62. The molecule has 0 amide bonds. The van der Waals surface area contributed by atoms with E-state index in [1.54, 1.807) is 13.0 Å². The fourth-order valence-corrected chi connectivity index (χ4v) is 3.28. The summed E-state index contributed by atoms with van der Waals surface area (Å²) in [6.45, 7) is 5.41. The third-order valence-corrected chi connectivity index (χ3v) is 4.55. The largest absolute Gasteiger partial charge is 0.398 e. The first-order valence-corrected chi connectivity index (χ1v) is 7.69. The highest BCUT2D eigenvalue weighted by Crippen LogP contribution is 2.26. The van der Waals surface area contributed by atoms with Gasteiger partial charge < -0.3 is 5.73 Å². The van der Waals surface area contributed by atoms with Crippen molar-refractivity contribution in [3.63, 3.8) is 0 Å². The zero-order chi connectivity index (χ0) is 13.2. The zero-order valence-electron chi connectivity index (χ0n) is 9.13. The van der Waals surface area contributed by atoms with E-state index in [9.17, 15) is 8.42 Å². The molecule has 1 aromatic rings. The third-order valence-electron chi connectivity index (χ3n) is 2.04. The maximum Gasteiger partial charge on any atom is 0.241 e. The quantitative estimate of drug-likeness (QED) is 0.784. The van der Waals surface area contributed by atoms with E-state index in [1.165, 1.54) is 6.07 Å². The van der Waals surface area contributed by atoms with Crippen LogP contribution < -0.4 is 10.5 Å². The van der Waals surface area contributed by atoms with Crippen molar-refractivity contribution < 1.29 is 8.42 Å². The predicted molar refractivity (Wildman–Crippen MR) is 76.5 cm³/mol. The van der Waals surface area contributed by atoms with Crippen LogP contribution in [0, 0.1) is 6.92 Å². The Morgan fingerprint density at radius 3 is 2.65 bits per heavy atom. The lowest BCUT2D eigenvalue weighted by Crippen LogP contribution is -2.25. The second-order valence-electron chi connectivity index (χ2n) is 3.48. The van der Waals surface area contributed by atoms with E-state index in [2.05, 4.69) is 43.2 Å². The van der Waals surface area contributed by atoms with Crippen molar-refractivity contribution in [1.82, 2.24) is 4.72 Å². The molecule has 7 heteroatoms. The summed E-state index contributed by atoms with van der Waals surface area (Å²) in [6.07, 6.45) is 0. The van der Waals surface area contributed by atoms with E-state index < -0.39 is 10.0 Å². The number of nitrogens with two attached hydrogens (primary N) is 1.